The minimum absolute atomic E-state index is 0.0592. The summed E-state index contributed by atoms with van der Waals surface area (Å²) < 4.78 is 0. The Balaban J connectivity index is 2.17. The zero-order chi connectivity index (χ0) is 14.8. The van der Waals surface area contributed by atoms with Crippen LogP contribution in [0.4, 0.5) is 16.2 Å². The summed E-state index contributed by atoms with van der Waals surface area (Å²) in [7, 11) is 0. The lowest BCUT2D eigenvalue weighted by Gasteiger charge is -2.08. The number of nitrogens with one attached hydrogen (secondary N) is 3. The second-order valence-electron chi connectivity index (χ2n) is 4.27. The van der Waals surface area contributed by atoms with E-state index in [1.165, 1.54) is 12.1 Å². The number of unbranched alkanes of at least 4 members (excludes halogenated alkanes) is 1. The van der Waals surface area contributed by atoms with Gasteiger partial charge in [0, 0.05) is 37.5 Å². The third kappa shape index (κ3) is 6.03. The Kier molecular flexibility index (Phi) is 6.88. The zero-order valence-corrected chi connectivity index (χ0v) is 11.5. The molecule has 0 bridgehead atoms. The number of hydrogen-bond donors (Lipinski definition) is 3. The number of benzene rings is 1. The fraction of sp³-hybridized carbons (Fsp3) is 0.462. The number of nitrogens with zero attached hydrogens (tertiary/aromatic N) is 1. The van der Waals surface area contributed by atoms with Crippen LogP contribution in [0, 0.1) is 10.1 Å². The Hall–Kier alpha value is -2.31. The highest BCUT2D eigenvalue weighted by Gasteiger charge is 2.03. The van der Waals surface area contributed by atoms with E-state index in [4.69, 9.17) is 0 Å². The standard InChI is InChI=1S/C13H20N4O3/c1-2-3-8-15-13(18)16-10-9-14-11-4-6-12(7-5-11)17(19)20/h4-7,14H,2-3,8-10H2,1H3,(H2,15,16,18). The molecular formula is C13H20N4O3. The van der Waals surface area contributed by atoms with Crippen molar-refractivity contribution < 1.29 is 9.72 Å². The highest BCUT2D eigenvalue weighted by atomic mass is 16.6. The third-order valence-corrected chi connectivity index (χ3v) is 2.63. The second kappa shape index (κ2) is 8.73. The number of nitro benzene ring substituents is 1. The highest BCUT2D eigenvalue weighted by molar-refractivity contribution is 5.73. The quantitative estimate of drug-likeness (QED) is 0.386. The van der Waals surface area contributed by atoms with Crippen molar-refractivity contribution in [3.63, 3.8) is 0 Å². The topological polar surface area (TPSA) is 96.3 Å². The molecule has 0 radical (unpaired) electrons. The van der Waals surface area contributed by atoms with E-state index in [2.05, 4.69) is 22.9 Å². The van der Waals surface area contributed by atoms with Crippen LogP contribution in [0.3, 0.4) is 0 Å². The molecule has 20 heavy (non-hydrogen) atoms. The second-order valence-corrected chi connectivity index (χ2v) is 4.27. The molecule has 110 valence electrons. The Bertz CT molecular complexity index is 434. The average Bonchev–Trinajstić information content (AvgIpc) is 2.44. The lowest BCUT2D eigenvalue weighted by atomic mass is 10.3. The van der Waals surface area contributed by atoms with Gasteiger partial charge in [-0.05, 0) is 18.6 Å². The van der Waals surface area contributed by atoms with Gasteiger partial charge in [-0.2, -0.15) is 0 Å². The van der Waals surface area contributed by atoms with E-state index in [1.54, 1.807) is 12.1 Å². The molecule has 0 aliphatic rings. The van der Waals surface area contributed by atoms with Crippen LogP contribution in [0.15, 0.2) is 24.3 Å². The molecule has 0 aliphatic heterocycles. The first-order valence-electron chi connectivity index (χ1n) is 6.63. The molecular weight excluding hydrogens is 260 g/mol. The smallest absolute Gasteiger partial charge is 0.314 e. The molecule has 0 unspecified atom stereocenters. The average molecular weight is 280 g/mol. The van der Waals surface area contributed by atoms with Gasteiger partial charge < -0.3 is 16.0 Å². The minimum Gasteiger partial charge on any atom is -0.383 e. The number of nitro groups is 1. The van der Waals surface area contributed by atoms with Gasteiger partial charge in [0.1, 0.15) is 0 Å². The molecule has 0 spiro atoms. The Morgan fingerprint density at radius 2 is 1.80 bits per heavy atom. The number of rotatable bonds is 8. The molecule has 0 aliphatic carbocycles. The Labute approximate surface area is 117 Å². The summed E-state index contributed by atoms with van der Waals surface area (Å²) in [4.78, 5) is 21.4. The van der Waals surface area contributed by atoms with Crippen molar-refractivity contribution >= 4 is 17.4 Å². The molecule has 7 heteroatoms. The van der Waals surface area contributed by atoms with Crippen LogP contribution in [0.25, 0.3) is 0 Å². The van der Waals surface area contributed by atoms with E-state index in [-0.39, 0.29) is 11.7 Å². The van der Waals surface area contributed by atoms with E-state index >= 15 is 0 Å². The third-order valence-electron chi connectivity index (χ3n) is 2.63. The van der Waals surface area contributed by atoms with Crippen LogP contribution >= 0.6 is 0 Å². The first-order chi connectivity index (χ1) is 9.63. The van der Waals surface area contributed by atoms with Gasteiger partial charge in [0.25, 0.3) is 5.69 Å². The molecule has 1 rings (SSSR count). The molecule has 0 fully saturated rings. The van der Waals surface area contributed by atoms with Crippen molar-refractivity contribution in [1.29, 1.82) is 0 Å². The fourth-order valence-electron chi connectivity index (χ4n) is 1.53. The number of carbonyl (C=O) groups excluding carboxylic acids is 1. The van der Waals surface area contributed by atoms with Crippen molar-refractivity contribution in [2.75, 3.05) is 25.0 Å². The monoisotopic (exact) mass is 280 g/mol. The molecule has 1 aromatic rings. The lowest BCUT2D eigenvalue weighted by Crippen LogP contribution is -2.38. The molecule has 3 N–H and O–H groups in total. The summed E-state index contributed by atoms with van der Waals surface area (Å²) in [5, 5.41) is 19.0. The van der Waals surface area contributed by atoms with Crippen LogP contribution < -0.4 is 16.0 Å². The summed E-state index contributed by atoms with van der Waals surface area (Å²) >= 11 is 0. The van der Waals surface area contributed by atoms with Gasteiger partial charge in [-0.15, -0.1) is 0 Å². The van der Waals surface area contributed by atoms with Crippen molar-refractivity contribution in [2.45, 2.75) is 19.8 Å². The number of non-ortho nitro benzene ring substituents is 1. The van der Waals surface area contributed by atoms with Crippen molar-refractivity contribution in [2.24, 2.45) is 0 Å². The van der Waals surface area contributed by atoms with E-state index in [0.717, 1.165) is 18.5 Å². The van der Waals surface area contributed by atoms with E-state index < -0.39 is 4.92 Å². The summed E-state index contributed by atoms with van der Waals surface area (Å²) in [6, 6.07) is 5.98. The maximum atomic E-state index is 11.3. The molecule has 0 aromatic heterocycles. The number of amides is 2. The van der Waals surface area contributed by atoms with Gasteiger partial charge in [0.2, 0.25) is 0 Å². The number of urea groups is 1. The number of hydrogen-bond acceptors (Lipinski definition) is 4. The molecule has 7 nitrogen and oxygen atoms in total. The Morgan fingerprint density at radius 3 is 2.40 bits per heavy atom. The zero-order valence-electron chi connectivity index (χ0n) is 11.5. The number of anilines is 1. The van der Waals surface area contributed by atoms with Crippen LogP contribution in [0.5, 0.6) is 0 Å². The predicted molar refractivity (Wildman–Crippen MR) is 77.9 cm³/mol. The van der Waals surface area contributed by atoms with E-state index in [0.29, 0.717) is 19.6 Å². The maximum Gasteiger partial charge on any atom is 0.314 e. The Morgan fingerprint density at radius 1 is 1.15 bits per heavy atom. The molecule has 1 aromatic carbocycles. The van der Waals surface area contributed by atoms with Crippen LogP contribution in [-0.2, 0) is 0 Å². The summed E-state index contributed by atoms with van der Waals surface area (Å²) in [6.07, 6.45) is 2.01. The fourth-order valence-corrected chi connectivity index (χ4v) is 1.53. The SMILES string of the molecule is CCCCNC(=O)NCCNc1ccc([N+](=O)[O-])cc1. The highest BCUT2D eigenvalue weighted by Crippen LogP contribution is 2.14. The van der Waals surface area contributed by atoms with E-state index in [9.17, 15) is 14.9 Å². The van der Waals surface area contributed by atoms with Crippen molar-refractivity contribution in [3.8, 4) is 0 Å². The normalized spacial score (nSPS) is 9.85. The lowest BCUT2D eigenvalue weighted by molar-refractivity contribution is -0.384. The molecule has 0 saturated carbocycles. The first-order valence-corrected chi connectivity index (χ1v) is 6.63. The largest absolute Gasteiger partial charge is 0.383 e. The number of carbonyl (C=O) groups is 1. The first kappa shape index (κ1) is 15.7. The maximum absolute atomic E-state index is 11.3. The van der Waals surface area contributed by atoms with Crippen LogP contribution in [0.1, 0.15) is 19.8 Å². The van der Waals surface area contributed by atoms with Gasteiger partial charge >= 0.3 is 6.03 Å². The van der Waals surface area contributed by atoms with E-state index in [1.807, 2.05) is 0 Å². The molecule has 2 amide bonds. The molecule has 0 atom stereocenters. The minimum atomic E-state index is -0.439. The van der Waals surface area contributed by atoms with Gasteiger partial charge in [0.05, 0.1) is 4.92 Å². The van der Waals surface area contributed by atoms with Crippen LogP contribution in [0.2, 0.25) is 0 Å². The molecule has 0 heterocycles. The van der Waals surface area contributed by atoms with Gasteiger partial charge in [0.15, 0.2) is 0 Å². The van der Waals surface area contributed by atoms with Crippen molar-refractivity contribution in [3.05, 3.63) is 34.4 Å². The van der Waals surface area contributed by atoms with Crippen LogP contribution in [-0.4, -0.2) is 30.6 Å². The van der Waals surface area contributed by atoms with Gasteiger partial charge in [-0.25, -0.2) is 4.79 Å². The summed E-state index contributed by atoms with van der Waals surface area (Å²) in [5.74, 6) is 0. The van der Waals surface area contributed by atoms with Crippen molar-refractivity contribution in [1.82, 2.24) is 10.6 Å². The molecule has 0 saturated heterocycles. The summed E-state index contributed by atoms with van der Waals surface area (Å²) in [6.45, 7) is 3.78. The van der Waals surface area contributed by atoms with Gasteiger partial charge in [-0.1, -0.05) is 13.3 Å². The predicted octanol–water partition coefficient (Wildman–Crippen LogP) is 2.11. The van der Waals surface area contributed by atoms with Gasteiger partial charge in [-0.3, -0.25) is 10.1 Å². The summed E-state index contributed by atoms with van der Waals surface area (Å²) in [5.41, 5.74) is 0.841.